The summed E-state index contributed by atoms with van der Waals surface area (Å²) in [5.74, 6) is -0.324. The van der Waals surface area contributed by atoms with Crippen molar-refractivity contribution in [2.24, 2.45) is 5.73 Å². The van der Waals surface area contributed by atoms with Crippen LogP contribution in [0.3, 0.4) is 0 Å². The van der Waals surface area contributed by atoms with Gasteiger partial charge >= 0.3 is 0 Å². The van der Waals surface area contributed by atoms with E-state index in [1.807, 2.05) is 0 Å². The van der Waals surface area contributed by atoms with Gasteiger partial charge in [0.1, 0.15) is 5.69 Å². The lowest BCUT2D eigenvalue weighted by Gasteiger charge is -2.14. The average molecular weight is 319 g/mol. The maximum Gasteiger partial charge on any atom is 0.271 e. The van der Waals surface area contributed by atoms with Crippen LogP contribution in [-0.4, -0.2) is 47.9 Å². The van der Waals surface area contributed by atoms with E-state index in [4.69, 9.17) is 5.73 Å². The van der Waals surface area contributed by atoms with E-state index in [1.165, 1.54) is 11.3 Å². The first-order valence-corrected chi connectivity index (χ1v) is 7.29. The first-order valence-electron chi connectivity index (χ1n) is 6.41. The molecule has 1 aromatic rings. The fourth-order valence-electron chi connectivity index (χ4n) is 1.98. The fraction of sp³-hybridized carbons (Fsp3) is 0.583. The Kier molecular flexibility index (Phi) is 6.90. The predicted molar refractivity (Wildman–Crippen MR) is 80.3 cm³/mol. The molecule has 1 aliphatic rings. The van der Waals surface area contributed by atoms with Gasteiger partial charge in [-0.05, 0) is 19.4 Å². The van der Waals surface area contributed by atoms with Gasteiger partial charge in [0, 0.05) is 24.9 Å². The van der Waals surface area contributed by atoms with Crippen molar-refractivity contribution in [3.05, 3.63) is 16.1 Å². The Bertz CT molecular complexity index is 460. The third kappa shape index (κ3) is 4.43. The van der Waals surface area contributed by atoms with Crippen molar-refractivity contribution in [3.8, 4) is 0 Å². The highest BCUT2D eigenvalue weighted by atomic mass is 35.5. The van der Waals surface area contributed by atoms with Crippen LogP contribution in [0.2, 0.25) is 0 Å². The van der Waals surface area contributed by atoms with Crippen molar-refractivity contribution < 1.29 is 9.59 Å². The van der Waals surface area contributed by atoms with Gasteiger partial charge in [-0.1, -0.05) is 0 Å². The zero-order valence-corrected chi connectivity index (χ0v) is 12.8. The van der Waals surface area contributed by atoms with Crippen LogP contribution in [0.5, 0.6) is 0 Å². The number of nitrogens with one attached hydrogen (secondary N) is 1. The van der Waals surface area contributed by atoms with Gasteiger partial charge in [-0.25, -0.2) is 4.98 Å². The maximum absolute atomic E-state index is 11.8. The van der Waals surface area contributed by atoms with Crippen molar-refractivity contribution in [2.75, 3.05) is 26.2 Å². The summed E-state index contributed by atoms with van der Waals surface area (Å²) in [5.41, 5.74) is 5.79. The SMILES string of the molecule is Cl.NCCc1nc(C(=O)NCC(=O)N2CCCC2)cs1. The van der Waals surface area contributed by atoms with Crippen molar-refractivity contribution in [1.29, 1.82) is 0 Å². The molecule has 20 heavy (non-hydrogen) atoms. The number of carbonyl (C=O) groups excluding carboxylic acids is 2. The largest absolute Gasteiger partial charge is 0.342 e. The summed E-state index contributed by atoms with van der Waals surface area (Å²) in [7, 11) is 0. The zero-order chi connectivity index (χ0) is 13.7. The Morgan fingerprint density at radius 1 is 1.40 bits per heavy atom. The van der Waals surface area contributed by atoms with Gasteiger partial charge in [0.15, 0.2) is 0 Å². The molecule has 3 N–H and O–H groups in total. The summed E-state index contributed by atoms with van der Waals surface area (Å²) in [4.78, 5) is 29.5. The second-order valence-electron chi connectivity index (χ2n) is 4.44. The van der Waals surface area contributed by atoms with Crippen LogP contribution in [0.15, 0.2) is 5.38 Å². The van der Waals surface area contributed by atoms with Crippen molar-refractivity contribution in [1.82, 2.24) is 15.2 Å². The molecule has 1 aromatic heterocycles. The molecule has 0 aromatic carbocycles. The van der Waals surface area contributed by atoms with E-state index in [-0.39, 0.29) is 30.8 Å². The van der Waals surface area contributed by atoms with Crippen molar-refractivity contribution in [3.63, 3.8) is 0 Å². The minimum atomic E-state index is -0.299. The molecule has 112 valence electrons. The quantitative estimate of drug-likeness (QED) is 0.823. The summed E-state index contributed by atoms with van der Waals surface area (Å²) in [6.45, 7) is 2.16. The van der Waals surface area contributed by atoms with Gasteiger partial charge < -0.3 is 16.0 Å². The van der Waals surface area contributed by atoms with Crippen LogP contribution in [0.25, 0.3) is 0 Å². The Labute approximate surface area is 128 Å². The van der Waals surface area contributed by atoms with Gasteiger partial charge in [0.05, 0.1) is 11.6 Å². The van der Waals surface area contributed by atoms with E-state index >= 15 is 0 Å². The van der Waals surface area contributed by atoms with Crippen LogP contribution in [0.1, 0.15) is 28.3 Å². The lowest BCUT2D eigenvalue weighted by atomic mass is 10.4. The number of thiazole rings is 1. The zero-order valence-electron chi connectivity index (χ0n) is 11.1. The normalized spacial score (nSPS) is 13.9. The Balaban J connectivity index is 0.00000200. The van der Waals surface area contributed by atoms with Gasteiger partial charge in [-0.2, -0.15) is 0 Å². The fourth-order valence-corrected chi connectivity index (χ4v) is 2.77. The van der Waals surface area contributed by atoms with Gasteiger partial charge in [0.25, 0.3) is 5.91 Å². The highest BCUT2D eigenvalue weighted by molar-refractivity contribution is 7.09. The van der Waals surface area contributed by atoms with E-state index in [1.54, 1.807) is 10.3 Å². The Morgan fingerprint density at radius 3 is 2.75 bits per heavy atom. The smallest absolute Gasteiger partial charge is 0.271 e. The van der Waals surface area contributed by atoms with Gasteiger partial charge in [-0.15, -0.1) is 23.7 Å². The molecule has 0 bridgehead atoms. The second kappa shape index (κ2) is 8.18. The number of nitrogens with zero attached hydrogens (tertiary/aromatic N) is 2. The van der Waals surface area contributed by atoms with Gasteiger partial charge in [0.2, 0.25) is 5.91 Å². The lowest BCUT2D eigenvalue weighted by Crippen LogP contribution is -2.38. The molecule has 0 spiro atoms. The van der Waals surface area contributed by atoms with Crippen LogP contribution < -0.4 is 11.1 Å². The summed E-state index contributed by atoms with van der Waals surface area (Å²) < 4.78 is 0. The average Bonchev–Trinajstić information content (AvgIpc) is 3.06. The Hall–Kier alpha value is -1.18. The van der Waals surface area contributed by atoms with Crippen LogP contribution in [0, 0.1) is 0 Å². The highest BCUT2D eigenvalue weighted by Crippen LogP contribution is 2.10. The molecule has 0 unspecified atom stereocenters. The molecule has 2 rings (SSSR count). The number of halogens is 1. The highest BCUT2D eigenvalue weighted by Gasteiger charge is 2.19. The van der Waals surface area contributed by atoms with Crippen molar-refractivity contribution >= 4 is 35.6 Å². The van der Waals surface area contributed by atoms with Crippen LogP contribution in [0.4, 0.5) is 0 Å². The third-order valence-electron chi connectivity index (χ3n) is 3.00. The number of rotatable bonds is 5. The number of nitrogens with two attached hydrogens (primary N) is 1. The minimum Gasteiger partial charge on any atom is -0.342 e. The van der Waals surface area contributed by atoms with E-state index in [9.17, 15) is 9.59 Å². The number of carbonyl (C=O) groups is 2. The monoisotopic (exact) mass is 318 g/mol. The molecule has 1 fully saturated rings. The predicted octanol–water partition coefficient (Wildman–Crippen LogP) is 0.418. The summed E-state index contributed by atoms with van der Waals surface area (Å²) >= 11 is 1.41. The molecule has 8 heteroatoms. The molecule has 0 saturated carbocycles. The van der Waals surface area contributed by atoms with Crippen molar-refractivity contribution in [2.45, 2.75) is 19.3 Å². The molecule has 1 saturated heterocycles. The number of amides is 2. The topological polar surface area (TPSA) is 88.3 Å². The molecule has 0 atom stereocenters. The molecule has 1 aliphatic heterocycles. The van der Waals surface area contributed by atoms with Crippen LogP contribution >= 0.6 is 23.7 Å². The number of hydrogen-bond donors (Lipinski definition) is 2. The van der Waals surface area contributed by atoms with Gasteiger partial charge in [-0.3, -0.25) is 9.59 Å². The summed E-state index contributed by atoms with van der Waals surface area (Å²) in [6, 6.07) is 0. The third-order valence-corrected chi connectivity index (χ3v) is 3.91. The first kappa shape index (κ1) is 16.9. The second-order valence-corrected chi connectivity index (χ2v) is 5.38. The number of likely N-dealkylation sites (tertiary alicyclic amines) is 1. The molecular weight excluding hydrogens is 300 g/mol. The molecule has 2 amide bonds. The first-order chi connectivity index (χ1) is 9.20. The number of hydrogen-bond acceptors (Lipinski definition) is 5. The standard InChI is InChI=1S/C12H18N4O2S.ClH/c13-4-3-10-15-9(8-19-10)12(18)14-7-11(17)16-5-1-2-6-16;/h8H,1-7,13H2,(H,14,18);1H. The van der Waals surface area contributed by atoms with Crippen LogP contribution in [-0.2, 0) is 11.2 Å². The Morgan fingerprint density at radius 2 is 2.10 bits per heavy atom. The minimum absolute atomic E-state index is 0. The lowest BCUT2D eigenvalue weighted by molar-refractivity contribution is -0.129. The van der Waals surface area contributed by atoms with E-state index < -0.39 is 0 Å². The maximum atomic E-state index is 11.8. The molecular formula is C12H19ClN4O2S. The van der Waals surface area contributed by atoms with E-state index in [2.05, 4.69) is 10.3 Å². The molecule has 6 nitrogen and oxygen atoms in total. The number of aromatic nitrogens is 1. The van der Waals surface area contributed by atoms with E-state index in [0.717, 1.165) is 30.9 Å². The van der Waals surface area contributed by atoms with E-state index in [0.29, 0.717) is 18.7 Å². The molecule has 0 radical (unpaired) electrons. The molecule has 2 heterocycles. The molecule has 0 aliphatic carbocycles. The summed E-state index contributed by atoms with van der Waals surface area (Å²) in [6.07, 6.45) is 2.77. The summed E-state index contributed by atoms with van der Waals surface area (Å²) in [5, 5.41) is 5.15.